The number of hydrogen-bond acceptors (Lipinski definition) is 1. The van der Waals surface area contributed by atoms with Gasteiger partial charge in [0, 0.05) is 5.33 Å². The highest BCUT2D eigenvalue weighted by atomic mass is 79.9. The predicted molar refractivity (Wildman–Crippen MR) is 51.3 cm³/mol. The molecule has 1 unspecified atom stereocenters. The molecule has 0 radical (unpaired) electrons. The second-order valence-corrected chi connectivity index (χ2v) is 4.57. The molecule has 0 amide bonds. The summed E-state index contributed by atoms with van der Waals surface area (Å²) in [6.07, 6.45) is -4.05. The molecule has 0 heterocycles. The molecule has 0 saturated heterocycles. The number of rotatable bonds is 2. The van der Waals surface area contributed by atoms with Gasteiger partial charge in [-0.05, 0) is 37.5 Å². The van der Waals surface area contributed by atoms with E-state index in [1.54, 1.807) is 0 Å². The standard InChI is InChI=1S/C9H14BrF3O/c10-5-6-1-3-7(4-2-6)8(14)9(11,12)13/h6-8,14H,1-5H2. The molecular weight excluding hydrogens is 261 g/mol. The Balaban J connectivity index is 2.42. The van der Waals surface area contributed by atoms with Gasteiger partial charge in [-0.1, -0.05) is 15.9 Å². The molecule has 14 heavy (non-hydrogen) atoms. The van der Waals surface area contributed by atoms with Gasteiger partial charge in [-0.2, -0.15) is 13.2 Å². The maximum atomic E-state index is 12.2. The lowest BCUT2D eigenvalue weighted by molar-refractivity contribution is -0.222. The molecule has 1 saturated carbocycles. The summed E-state index contributed by atoms with van der Waals surface area (Å²) in [5.41, 5.74) is 0. The van der Waals surface area contributed by atoms with Crippen molar-refractivity contribution in [3.8, 4) is 0 Å². The van der Waals surface area contributed by atoms with Crippen molar-refractivity contribution in [1.82, 2.24) is 0 Å². The Morgan fingerprint density at radius 3 is 2.07 bits per heavy atom. The molecule has 1 atom stereocenters. The third-order valence-electron chi connectivity index (χ3n) is 2.89. The number of aliphatic hydroxyl groups excluding tert-OH is 1. The summed E-state index contributed by atoms with van der Waals surface area (Å²) in [5.74, 6) is -0.114. The largest absolute Gasteiger partial charge is 0.414 e. The van der Waals surface area contributed by atoms with Crippen molar-refractivity contribution >= 4 is 15.9 Å². The highest BCUT2D eigenvalue weighted by molar-refractivity contribution is 9.09. The first-order chi connectivity index (χ1) is 6.45. The first-order valence-electron chi connectivity index (χ1n) is 4.76. The summed E-state index contributed by atoms with van der Waals surface area (Å²) in [7, 11) is 0. The zero-order valence-corrected chi connectivity index (χ0v) is 9.31. The quantitative estimate of drug-likeness (QED) is 0.768. The van der Waals surface area contributed by atoms with Crippen molar-refractivity contribution in [2.45, 2.75) is 38.0 Å². The van der Waals surface area contributed by atoms with Crippen molar-refractivity contribution in [2.24, 2.45) is 11.8 Å². The van der Waals surface area contributed by atoms with Crippen LogP contribution in [0.15, 0.2) is 0 Å². The van der Waals surface area contributed by atoms with E-state index in [1.807, 2.05) is 0 Å². The van der Waals surface area contributed by atoms with Crippen LogP contribution in [-0.2, 0) is 0 Å². The normalized spacial score (nSPS) is 31.5. The zero-order valence-electron chi connectivity index (χ0n) is 7.73. The van der Waals surface area contributed by atoms with E-state index in [2.05, 4.69) is 15.9 Å². The van der Waals surface area contributed by atoms with E-state index in [4.69, 9.17) is 5.11 Å². The van der Waals surface area contributed by atoms with Crippen molar-refractivity contribution in [3.05, 3.63) is 0 Å². The molecule has 0 aromatic carbocycles. The van der Waals surface area contributed by atoms with Crippen LogP contribution in [0.2, 0.25) is 0 Å². The molecule has 0 spiro atoms. The summed E-state index contributed by atoms with van der Waals surface area (Å²) in [5, 5.41) is 9.88. The van der Waals surface area contributed by atoms with E-state index in [1.165, 1.54) is 0 Å². The van der Waals surface area contributed by atoms with Crippen LogP contribution in [0.5, 0.6) is 0 Å². The third-order valence-corrected chi connectivity index (χ3v) is 3.81. The molecule has 1 N–H and O–H groups in total. The van der Waals surface area contributed by atoms with Crippen LogP contribution in [-0.4, -0.2) is 22.7 Å². The van der Waals surface area contributed by atoms with Crippen LogP contribution in [0.3, 0.4) is 0 Å². The Kier molecular flexibility index (Phi) is 4.25. The van der Waals surface area contributed by atoms with Crippen LogP contribution < -0.4 is 0 Å². The smallest absolute Gasteiger partial charge is 0.383 e. The van der Waals surface area contributed by atoms with Gasteiger partial charge in [-0.3, -0.25) is 0 Å². The molecule has 0 bridgehead atoms. The molecule has 1 fully saturated rings. The Bertz CT molecular complexity index is 175. The lowest BCUT2D eigenvalue weighted by Crippen LogP contribution is -2.38. The van der Waals surface area contributed by atoms with E-state index < -0.39 is 18.2 Å². The fraction of sp³-hybridized carbons (Fsp3) is 1.00. The van der Waals surface area contributed by atoms with Crippen molar-refractivity contribution < 1.29 is 18.3 Å². The van der Waals surface area contributed by atoms with E-state index in [0.717, 1.165) is 18.2 Å². The van der Waals surface area contributed by atoms with E-state index in [9.17, 15) is 13.2 Å². The van der Waals surface area contributed by atoms with E-state index in [0.29, 0.717) is 18.8 Å². The molecule has 1 aliphatic rings. The van der Waals surface area contributed by atoms with Crippen molar-refractivity contribution in [2.75, 3.05) is 5.33 Å². The second-order valence-electron chi connectivity index (χ2n) is 3.92. The van der Waals surface area contributed by atoms with Gasteiger partial charge in [0.1, 0.15) is 0 Å². The van der Waals surface area contributed by atoms with Gasteiger partial charge in [-0.25, -0.2) is 0 Å². The molecule has 5 heteroatoms. The topological polar surface area (TPSA) is 20.2 Å². The van der Waals surface area contributed by atoms with Crippen LogP contribution in [0.1, 0.15) is 25.7 Å². The Morgan fingerprint density at radius 2 is 1.71 bits per heavy atom. The van der Waals surface area contributed by atoms with Crippen molar-refractivity contribution in [1.29, 1.82) is 0 Å². The zero-order chi connectivity index (χ0) is 10.8. The fourth-order valence-electron chi connectivity index (χ4n) is 1.93. The lowest BCUT2D eigenvalue weighted by Gasteiger charge is -2.31. The Hall–Kier alpha value is 0.230. The summed E-state index contributed by atoms with van der Waals surface area (Å²) >= 11 is 3.32. The first-order valence-corrected chi connectivity index (χ1v) is 5.88. The molecule has 1 rings (SSSR count). The molecule has 0 aromatic rings. The molecule has 0 aliphatic heterocycles. The number of aliphatic hydroxyl groups is 1. The van der Waals surface area contributed by atoms with Gasteiger partial charge in [0.25, 0.3) is 0 Å². The molecule has 0 aromatic heterocycles. The van der Waals surface area contributed by atoms with Gasteiger partial charge >= 0.3 is 6.18 Å². The number of halogens is 4. The van der Waals surface area contributed by atoms with Gasteiger partial charge < -0.3 is 5.11 Å². The van der Waals surface area contributed by atoms with Gasteiger partial charge in [0.2, 0.25) is 0 Å². The monoisotopic (exact) mass is 274 g/mol. The highest BCUT2D eigenvalue weighted by Gasteiger charge is 2.44. The van der Waals surface area contributed by atoms with Crippen LogP contribution >= 0.6 is 15.9 Å². The maximum Gasteiger partial charge on any atom is 0.414 e. The third kappa shape index (κ3) is 3.12. The summed E-state index contributed by atoms with van der Waals surface area (Å²) in [6, 6.07) is 0. The predicted octanol–water partition coefficient (Wildman–Crippen LogP) is 3.11. The molecular formula is C9H14BrF3O. The first kappa shape index (κ1) is 12.3. The minimum Gasteiger partial charge on any atom is -0.383 e. The molecule has 84 valence electrons. The van der Waals surface area contributed by atoms with E-state index in [-0.39, 0.29) is 0 Å². The van der Waals surface area contributed by atoms with Crippen LogP contribution in [0.4, 0.5) is 13.2 Å². The average molecular weight is 275 g/mol. The van der Waals surface area contributed by atoms with Gasteiger partial charge in [0.05, 0.1) is 0 Å². The Morgan fingerprint density at radius 1 is 1.21 bits per heavy atom. The second kappa shape index (κ2) is 4.84. The minimum absolute atomic E-state index is 0.478. The SMILES string of the molecule is OC(C1CCC(CBr)CC1)C(F)(F)F. The van der Waals surface area contributed by atoms with Crippen LogP contribution in [0.25, 0.3) is 0 Å². The highest BCUT2D eigenvalue weighted by Crippen LogP contribution is 2.36. The van der Waals surface area contributed by atoms with Gasteiger partial charge in [0.15, 0.2) is 6.10 Å². The van der Waals surface area contributed by atoms with Crippen molar-refractivity contribution in [3.63, 3.8) is 0 Å². The molecule has 1 nitrogen and oxygen atoms in total. The van der Waals surface area contributed by atoms with Gasteiger partial charge in [-0.15, -0.1) is 0 Å². The minimum atomic E-state index is -4.45. The number of hydrogen-bond donors (Lipinski definition) is 1. The maximum absolute atomic E-state index is 12.2. The summed E-state index contributed by atoms with van der Waals surface area (Å²) < 4.78 is 36.5. The number of alkyl halides is 4. The van der Waals surface area contributed by atoms with Crippen LogP contribution in [0, 0.1) is 11.8 Å². The summed E-state index contributed by atoms with van der Waals surface area (Å²) in [6.45, 7) is 0. The summed E-state index contributed by atoms with van der Waals surface area (Å²) in [4.78, 5) is 0. The lowest BCUT2D eigenvalue weighted by atomic mass is 9.80. The molecule has 1 aliphatic carbocycles. The van der Waals surface area contributed by atoms with E-state index >= 15 is 0 Å². The fourth-order valence-corrected chi connectivity index (χ4v) is 2.57. The average Bonchev–Trinajstić information content (AvgIpc) is 2.15. The Labute approximate surface area is 89.8 Å².